The van der Waals surface area contributed by atoms with Crippen molar-refractivity contribution in [3.63, 3.8) is 0 Å². The van der Waals surface area contributed by atoms with E-state index in [0.29, 0.717) is 18.2 Å². The van der Waals surface area contributed by atoms with Gasteiger partial charge in [0.1, 0.15) is 10.8 Å². The maximum absolute atomic E-state index is 12.1. The summed E-state index contributed by atoms with van der Waals surface area (Å²) in [6, 6.07) is 0. The van der Waals surface area contributed by atoms with Crippen molar-refractivity contribution in [3.8, 4) is 0 Å². The lowest BCUT2D eigenvalue weighted by Gasteiger charge is -2.24. The normalized spacial score (nSPS) is 14.5. The highest BCUT2D eigenvalue weighted by molar-refractivity contribution is 6.30. The summed E-state index contributed by atoms with van der Waals surface area (Å²) in [5.41, 5.74) is 3.57. The molecule has 1 amide bonds. The Morgan fingerprint density at radius 2 is 1.84 bits per heavy atom. The topological polar surface area (TPSA) is 42.4 Å². The molecule has 5 heteroatoms. The molecule has 0 saturated carbocycles. The van der Waals surface area contributed by atoms with Gasteiger partial charge in [-0.05, 0) is 45.7 Å². The van der Waals surface area contributed by atoms with E-state index in [0.717, 1.165) is 22.4 Å². The quantitative estimate of drug-likeness (QED) is 0.683. The van der Waals surface area contributed by atoms with Gasteiger partial charge in [-0.2, -0.15) is 0 Å². The van der Waals surface area contributed by atoms with Crippen molar-refractivity contribution in [2.45, 2.75) is 53.3 Å². The van der Waals surface area contributed by atoms with Crippen molar-refractivity contribution in [2.24, 2.45) is 0 Å². The number of aryl methyl sites for hydroxylation is 1. The van der Waals surface area contributed by atoms with Gasteiger partial charge in [0.2, 0.25) is 0 Å². The zero-order chi connectivity index (χ0) is 14.4. The van der Waals surface area contributed by atoms with Gasteiger partial charge in [-0.15, -0.1) is 0 Å². The van der Waals surface area contributed by atoms with Gasteiger partial charge in [0.15, 0.2) is 0 Å². The Bertz CT molecular complexity index is 535. The van der Waals surface area contributed by atoms with Crippen molar-refractivity contribution in [1.29, 1.82) is 0 Å². The van der Waals surface area contributed by atoms with Gasteiger partial charge >= 0.3 is 6.09 Å². The Kier molecular flexibility index (Phi) is 3.47. The number of nitrogens with zero attached hydrogens (tertiary/aromatic N) is 2. The summed E-state index contributed by atoms with van der Waals surface area (Å²) in [6.07, 6.45) is -0.309. The maximum Gasteiger partial charge on any atom is 0.410 e. The zero-order valence-electron chi connectivity index (χ0n) is 12.0. The summed E-state index contributed by atoms with van der Waals surface area (Å²) in [5.74, 6) is 0. The molecule has 1 aliphatic rings. The summed E-state index contributed by atoms with van der Waals surface area (Å²) < 4.78 is 5.39. The summed E-state index contributed by atoms with van der Waals surface area (Å²) in [5, 5.41) is 0.490. The van der Waals surface area contributed by atoms with Gasteiger partial charge in [0, 0.05) is 11.3 Å². The van der Waals surface area contributed by atoms with Crippen LogP contribution in [-0.4, -0.2) is 21.6 Å². The number of hydrogen-bond donors (Lipinski definition) is 0. The van der Waals surface area contributed by atoms with Crippen LogP contribution in [0, 0.1) is 13.8 Å². The minimum atomic E-state index is -0.487. The third kappa shape index (κ3) is 2.84. The smallest absolute Gasteiger partial charge is 0.410 e. The van der Waals surface area contributed by atoms with Gasteiger partial charge in [0.05, 0.1) is 13.1 Å². The Morgan fingerprint density at radius 3 is 2.42 bits per heavy atom. The molecule has 0 radical (unpaired) electrons. The molecule has 1 aromatic rings. The second kappa shape index (κ2) is 4.67. The fourth-order valence-corrected chi connectivity index (χ4v) is 2.44. The van der Waals surface area contributed by atoms with Crippen LogP contribution in [0.1, 0.15) is 43.2 Å². The van der Waals surface area contributed by atoms with Crippen LogP contribution in [0.3, 0.4) is 0 Å². The lowest BCUT2D eigenvalue weighted by Crippen LogP contribution is -2.33. The number of rotatable bonds is 0. The molecule has 0 unspecified atom stereocenters. The first-order valence-corrected chi connectivity index (χ1v) is 6.69. The molecule has 1 aliphatic heterocycles. The zero-order valence-corrected chi connectivity index (χ0v) is 12.8. The van der Waals surface area contributed by atoms with E-state index in [1.807, 2.05) is 34.6 Å². The van der Waals surface area contributed by atoms with E-state index in [9.17, 15) is 4.79 Å². The van der Waals surface area contributed by atoms with Crippen LogP contribution in [0.5, 0.6) is 0 Å². The molecule has 2 rings (SSSR count). The fraction of sp³-hybridized carbons (Fsp3) is 0.571. The van der Waals surface area contributed by atoms with Gasteiger partial charge in [-0.3, -0.25) is 4.90 Å². The maximum atomic E-state index is 12.1. The number of carbonyl (C=O) groups is 1. The number of aromatic nitrogens is 1. The SMILES string of the molecule is Cc1nc(Cl)c2c(c1C)CN(C(=O)OC(C)(C)C)C2. The molecular formula is C14H19ClN2O2. The highest BCUT2D eigenvalue weighted by Gasteiger charge is 2.31. The first-order chi connectivity index (χ1) is 8.69. The molecular weight excluding hydrogens is 264 g/mol. The Labute approximate surface area is 118 Å². The number of pyridine rings is 1. The van der Waals surface area contributed by atoms with Gasteiger partial charge in [-0.25, -0.2) is 9.78 Å². The van der Waals surface area contributed by atoms with Crippen LogP contribution in [0.4, 0.5) is 4.79 Å². The van der Waals surface area contributed by atoms with Crippen LogP contribution >= 0.6 is 11.6 Å². The second-order valence-corrected chi connectivity index (χ2v) is 6.26. The number of ether oxygens (including phenoxy) is 1. The molecule has 2 heterocycles. The molecule has 19 heavy (non-hydrogen) atoms. The van der Waals surface area contributed by atoms with E-state index in [-0.39, 0.29) is 6.09 Å². The first kappa shape index (κ1) is 14.1. The van der Waals surface area contributed by atoms with E-state index >= 15 is 0 Å². The Hall–Kier alpha value is -1.29. The Morgan fingerprint density at radius 1 is 1.26 bits per heavy atom. The standard InChI is InChI=1S/C14H19ClN2O2/c1-8-9(2)16-12(15)11-7-17(6-10(8)11)13(18)19-14(3,4)5/h6-7H2,1-5H3. The second-order valence-electron chi connectivity index (χ2n) is 5.91. The van der Waals surface area contributed by atoms with Crippen LogP contribution in [0.25, 0.3) is 0 Å². The van der Waals surface area contributed by atoms with Crippen LogP contribution < -0.4 is 0 Å². The van der Waals surface area contributed by atoms with Gasteiger partial charge in [0.25, 0.3) is 0 Å². The molecule has 0 aromatic carbocycles. The van der Waals surface area contributed by atoms with Gasteiger partial charge in [-0.1, -0.05) is 11.6 Å². The van der Waals surface area contributed by atoms with E-state index in [4.69, 9.17) is 16.3 Å². The molecule has 0 bridgehead atoms. The lowest BCUT2D eigenvalue weighted by molar-refractivity contribution is 0.0242. The van der Waals surface area contributed by atoms with E-state index < -0.39 is 5.60 Å². The van der Waals surface area contributed by atoms with E-state index in [2.05, 4.69) is 4.98 Å². The summed E-state index contributed by atoms with van der Waals surface area (Å²) in [6.45, 7) is 10.5. The average Bonchev–Trinajstić information content (AvgIpc) is 2.69. The third-order valence-electron chi connectivity index (χ3n) is 3.22. The predicted molar refractivity (Wildman–Crippen MR) is 74.2 cm³/mol. The molecule has 4 nitrogen and oxygen atoms in total. The van der Waals surface area contributed by atoms with Crippen LogP contribution in [-0.2, 0) is 17.8 Å². The molecule has 0 aliphatic carbocycles. The molecule has 0 fully saturated rings. The van der Waals surface area contributed by atoms with E-state index in [1.54, 1.807) is 4.90 Å². The third-order valence-corrected chi connectivity index (χ3v) is 3.54. The lowest BCUT2D eigenvalue weighted by atomic mass is 10.1. The molecule has 0 spiro atoms. The average molecular weight is 283 g/mol. The monoisotopic (exact) mass is 282 g/mol. The molecule has 0 atom stereocenters. The highest BCUT2D eigenvalue weighted by atomic mass is 35.5. The molecule has 1 aromatic heterocycles. The van der Waals surface area contributed by atoms with Crippen molar-refractivity contribution < 1.29 is 9.53 Å². The highest BCUT2D eigenvalue weighted by Crippen LogP contribution is 2.32. The van der Waals surface area contributed by atoms with Crippen molar-refractivity contribution in [1.82, 2.24) is 9.88 Å². The Balaban J connectivity index is 2.23. The largest absolute Gasteiger partial charge is 0.444 e. The fourth-order valence-electron chi connectivity index (χ4n) is 2.14. The van der Waals surface area contributed by atoms with Crippen LogP contribution in [0.2, 0.25) is 5.15 Å². The minimum absolute atomic E-state index is 0.309. The van der Waals surface area contributed by atoms with Crippen molar-refractivity contribution >= 4 is 17.7 Å². The first-order valence-electron chi connectivity index (χ1n) is 6.31. The predicted octanol–water partition coefficient (Wildman–Crippen LogP) is 3.60. The van der Waals surface area contributed by atoms with E-state index in [1.165, 1.54) is 0 Å². The number of amides is 1. The molecule has 0 N–H and O–H groups in total. The summed E-state index contributed by atoms with van der Waals surface area (Å²) in [4.78, 5) is 18.0. The van der Waals surface area contributed by atoms with Crippen LogP contribution in [0.15, 0.2) is 0 Å². The number of fused-ring (bicyclic) bond motifs is 1. The number of hydrogen-bond acceptors (Lipinski definition) is 3. The summed E-state index contributed by atoms with van der Waals surface area (Å²) >= 11 is 6.16. The van der Waals surface area contributed by atoms with Crippen molar-refractivity contribution in [3.05, 3.63) is 27.5 Å². The van der Waals surface area contributed by atoms with Crippen molar-refractivity contribution in [2.75, 3.05) is 0 Å². The molecule has 104 valence electrons. The number of halogens is 1. The minimum Gasteiger partial charge on any atom is -0.444 e. The number of carbonyl (C=O) groups excluding carboxylic acids is 1. The van der Waals surface area contributed by atoms with Gasteiger partial charge < -0.3 is 4.74 Å². The summed E-state index contributed by atoms with van der Waals surface area (Å²) in [7, 11) is 0. The molecule has 0 saturated heterocycles.